The molecule has 4 saturated carbocycles. The van der Waals surface area contributed by atoms with Gasteiger partial charge in [0.2, 0.25) is 5.91 Å². The summed E-state index contributed by atoms with van der Waals surface area (Å²) in [7, 11) is 0. The second kappa shape index (κ2) is 8.33. The van der Waals surface area contributed by atoms with Gasteiger partial charge < -0.3 is 5.32 Å². The van der Waals surface area contributed by atoms with Crippen LogP contribution in [0, 0.1) is 68.0 Å². The van der Waals surface area contributed by atoms with Crippen LogP contribution in [0.15, 0.2) is 11.6 Å². The lowest BCUT2D eigenvalue weighted by Crippen LogP contribution is -2.66. The van der Waals surface area contributed by atoms with Crippen LogP contribution in [0.2, 0.25) is 0 Å². The van der Waals surface area contributed by atoms with E-state index in [-0.39, 0.29) is 39.8 Å². The van der Waals surface area contributed by atoms with Crippen LogP contribution < -0.4 is 5.32 Å². The molecule has 0 spiro atoms. The Balaban J connectivity index is 1.53. The Kier molecular flexibility index (Phi) is 6.08. The number of fused-ring (bicyclic) bond motifs is 7. The topological polar surface area (TPSA) is 70.0 Å². The highest BCUT2D eigenvalue weighted by atomic mass is 19.4. The molecule has 210 valence electrons. The van der Waals surface area contributed by atoms with Crippen molar-refractivity contribution in [3.8, 4) is 6.07 Å². The Labute approximate surface area is 225 Å². The van der Waals surface area contributed by atoms with Crippen molar-refractivity contribution in [1.29, 1.82) is 5.26 Å². The minimum Gasteiger partial charge on any atom is -0.346 e. The first-order valence-corrected chi connectivity index (χ1v) is 14.5. The van der Waals surface area contributed by atoms with E-state index in [1.54, 1.807) is 0 Å². The van der Waals surface area contributed by atoms with Gasteiger partial charge in [-0.2, -0.15) is 18.4 Å². The van der Waals surface area contributed by atoms with Gasteiger partial charge in [0.05, 0.1) is 11.0 Å². The third-order valence-corrected chi connectivity index (χ3v) is 13.1. The van der Waals surface area contributed by atoms with Crippen LogP contribution in [0.4, 0.5) is 13.2 Å². The Morgan fingerprint density at radius 3 is 2.32 bits per heavy atom. The van der Waals surface area contributed by atoms with E-state index in [0.717, 1.165) is 38.5 Å². The van der Waals surface area contributed by atoms with E-state index >= 15 is 0 Å². The van der Waals surface area contributed by atoms with Gasteiger partial charge in [-0.25, -0.2) is 0 Å². The molecule has 0 aromatic carbocycles. The molecule has 1 N–H and O–H groups in total. The molecule has 0 aliphatic heterocycles. The van der Waals surface area contributed by atoms with E-state index in [1.165, 1.54) is 0 Å². The number of Topliss-reactive ketones (excluding diaryl/α,β-unsaturated/α-hetero) is 1. The summed E-state index contributed by atoms with van der Waals surface area (Å²) in [4.78, 5) is 26.6. The van der Waals surface area contributed by atoms with Crippen LogP contribution in [0.5, 0.6) is 0 Å². The number of carbonyl (C=O) groups excluding carboxylic acids is 2. The highest BCUT2D eigenvalue weighted by Crippen LogP contribution is 2.76. The summed E-state index contributed by atoms with van der Waals surface area (Å²) >= 11 is 0. The molecule has 4 fully saturated rings. The number of hydrogen-bond donors (Lipinski definition) is 1. The fraction of sp³-hybridized carbons (Fsp3) is 0.839. The van der Waals surface area contributed by atoms with E-state index in [1.807, 2.05) is 19.9 Å². The van der Waals surface area contributed by atoms with Crippen LogP contribution in [0.3, 0.4) is 0 Å². The van der Waals surface area contributed by atoms with Crippen LogP contribution in [-0.2, 0) is 9.59 Å². The molecule has 5 aliphatic rings. The number of hydrogen-bond acceptors (Lipinski definition) is 3. The molecule has 0 aromatic heterocycles. The second-order valence-electron chi connectivity index (χ2n) is 14.7. The second-order valence-corrected chi connectivity index (χ2v) is 14.7. The lowest BCUT2D eigenvalue weighted by atomic mass is 9.33. The summed E-state index contributed by atoms with van der Waals surface area (Å²) in [6.45, 7) is 12.0. The normalized spacial score (nSPS) is 47.5. The molecule has 0 bridgehead atoms. The van der Waals surface area contributed by atoms with Gasteiger partial charge in [-0.05, 0) is 97.2 Å². The minimum atomic E-state index is -4.42. The first-order valence-electron chi connectivity index (χ1n) is 14.5. The lowest BCUT2D eigenvalue weighted by molar-refractivity contribution is -0.219. The van der Waals surface area contributed by atoms with Gasteiger partial charge in [-0.3, -0.25) is 9.59 Å². The third-order valence-electron chi connectivity index (χ3n) is 13.1. The zero-order chi connectivity index (χ0) is 28.1. The smallest absolute Gasteiger partial charge is 0.346 e. The number of allylic oxidation sites excluding steroid dienone is 2. The Bertz CT molecular complexity index is 1120. The minimum absolute atomic E-state index is 0.0434. The maximum Gasteiger partial charge on any atom is 0.405 e. The predicted molar refractivity (Wildman–Crippen MR) is 138 cm³/mol. The van der Waals surface area contributed by atoms with Gasteiger partial charge in [-0.1, -0.05) is 47.6 Å². The van der Waals surface area contributed by atoms with Crippen LogP contribution in [0.25, 0.3) is 0 Å². The Hall–Kier alpha value is -1.84. The molecule has 7 heteroatoms. The Morgan fingerprint density at radius 1 is 1.00 bits per heavy atom. The van der Waals surface area contributed by atoms with Gasteiger partial charge in [0.1, 0.15) is 12.6 Å². The first kappa shape index (κ1) is 27.7. The molecule has 9 atom stereocenters. The van der Waals surface area contributed by atoms with Crippen LogP contribution in [-0.4, -0.2) is 24.4 Å². The molecule has 5 aliphatic carbocycles. The molecular formula is C31H43F3N2O2. The first-order chi connectivity index (χ1) is 17.5. The number of amides is 1. The summed E-state index contributed by atoms with van der Waals surface area (Å²) < 4.78 is 39.0. The summed E-state index contributed by atoms with van der Waals surface area (Å²) in [5.41, 5.74) is -1.40. The van der Waals surface area contributed by atoms with Crippen molar-refractivity contribution in [2.75, 3.05) is 6.54 Å². The van der Waals surface area contributed by atoms with Gasteiger partial charge in [0, 0.05) is 5.41 Å². The average molecular weight is 533 g/mol. The third kappa shape index (κ3) is 3.46. The van der Waals surface area contributed by atoms with Crippen molar-refractivity contribution in [3.05, 3.63) is 11.6 Å². The number of rotatable bonds is 2. The molecule has 38 heavy (non-hydrogen) atoms. The number of nitrogens with zero attached hydrogens (tertiary/aromatic N) is 1. The van der Waals surface area contributed by atoms with Crippen molar-refractivity contribution in [1.82, 2.24) is 5.32 Å². The van der Waals surface area contributed by atoms with Crippen LogP contribution >= 0.6 is 0 Å². The van der Waals surface area contributed by atoms with E-state index in [9.17, 15) is 28.0 Å². The van der Waals surface area contributed by atoms with Gasteiger partial charge in [0.15, 0.2) is 5.78 Å². The molecule has 5 rings (SSSR count). The zero-order valence-corrected chi connectivity index (χ0v) is 23.7. The lowest BCUT2D eigenvalue weighted by Gasteiger charge is -2.71. The van der Waals surface area contributed by atoms with E-state index in [2.05, 4.69) is 39.1 Å². The molecular weight excluding hydrogens is 489 g/mol. The number of ketones is 1. The quantitative estimate of drug-likeness (QED) is 0.416. The van der Waals surface area contributed by atoms with Gasteiger partial charge in [0.25, 0.3) is 0 Å². The van der Waals surface area contributed by atoms with E-state index in [4.69, 9.17) is 0 Å². The molecule has 1 amide bonds. The van der Waals surface area contributed by atoms with Crippen molar-refractivity contribution < 1.29 is 22.8 Å². The van der Waals surface area contributed by atoms with Crippen molar-refractivity contribution >= 4 is 11.7 Å². The number of halogens is 3. The number of alkyl halides is 3. The number of carbonyl (C=O) groups is 2. The zero-order valence-electron chi connectivity index (χ0n) is 23.7. The molecule has 0 aromatic rings. The number of nitriles is 1. The molecule has 0 saturated heterocycles. The number of nitrogens with one attached hydrogen (secondary N) is 1. The predicted octanol–water partition coefficient (Wildman–Crippen LogP) is 7.01. The fourth-order valence-corrected chi connectivity index (χ4v) is 11.3. The van der Waals surface area contributed by atoms with Crippen molar-refractivity contribution in [2.24, 2.45) is 56.7 Å². The molecule has 0 heterocycles. The summed E-state index contributed by atoms with van der Waals surface area (Å²) in [5.74, 6) is 0.658. The maximum atomic E-state index is 13.5. The fourth-order valence-electron chi connectivity index (χ4n) is 11.3. The average Bonchev–Trinajstić information content (AvgIpc) is 3.17. The highest BCUT2D eigenvalue weighted by Gasteiger charge is 2.71. The largest absolute Gasteiger partial charge is 0.405 e. The monoisotopic (exact) mass is 532 g/mol. The van der Waals surface area contributed by atoms with E-state index < -0.39 is 29.5 Å². The van der Waals surface area contributed by atoms with Crippen LogP contribution in [0.1, 0.15) is 92.9 Å². The van der Waals surface area contributed by atoms with Gasteiger partial charge in [-0.15, -0.1) is 0 Å². The van der Waals surface area contributed by atoms with Crippen molar-refractivity contribution in [2.45, 2.75) is 99.1 Å². The van der Waals surface area contributed by atoms with E-state index in [0.29, 0.717) is 30.3 Å². The van der Waals surface area contributed by atoms with Crippen molar-refractivity contribution in [3.63, 3.8) is 0 Å². The maximum absolute atomic E-state index is 13.5. The SMILES string of the molecule is CC1CC[C@]2(C(=O)NCC(F)(F)F)CC[C@]3(C)C(CCC4[C@@]5(C)C=C(C#N)C(=O)C(C)(C)C5CC[C@]43C)C12. The molecule has 0 radical (unpaired) electrons. The molecule has 4 nitrogen and oxygen atoms in total. The highest BCUT2D eigenvalue weighted by molar-refractivity contribution is 6.04. The molecule has 5 unspecified atom stereocenters. The van der Waals surface area contributed by atoms with Gasteiger partial charge >= 0.3 is 6.18 Å². The summed E-state index contributed by atoms with van der Waals surface area (Å²) in [5, 5.41) is 12.1. The summed E-state index contributed by atoms with van der Waals surface area (Å²) in [6.07, 6.45) is 4.38. The standard InChI is InChI=1S/C31H43F3N2O2/c1-18-9-12-30(25(38)36-17-31(32,33)34)14-13-28(5)20(23(18)30)7-8-22-27(4)15-19(16-35)24(37)26(2,3)21(27)10-11-29(22,28)6/h15,18,20-23H,7-14,17H2,1-6H3,(H,36,38)/t18?,20?,21?,22?,23?,27-,28+,29+,30-/m0/s1. The Morgan fingerprint density at radius 2 is 1.68 bits per heavy atom. The summed E-state index contributed by atoms with van der Waals surface area (Å²) in [6, 6.07) is 2.20.